The number of hydrogen-bond donors (Lipinski definition) is 0. The molecule has 16 heavy (non-hydrogen) atoms. The van der Waals surface area contributed by atoms with E-state index in [9.17, 15) is 13.6 Å². The molecule has 0 spiro atoms. The average Bonchev–Trinajstić information content (AvgIpc) is 2.26. The third kappa shape index (κ3) is 2.60. The molecule has 0 aliphatic carbocycles. The van der Waals surface area contributed by atoms with Gasteiger partial charge in [-0.1, -0.05) is 0 Å². The number of hydrogen-bond acceptors (Lipinski definition) is 3. The molecule has 0 saturated carbocycles. The van der Waals surface area contributed by atoms with Gasteiger partial charge in [-0.3, -0.25) is 0 Å². The molecule has 0 bridgehead atoms. The summed E-state index contributed by atoms with van der Waals surface area (Å²) in [4.78, 5) is 15.1. The van der Waals surface area contributed by atoms with Gasteiger partial charge in [-0.25, -0.2) is 18.6 Å². The number of ether oxygens (including phenoxy) is 1. The molecule has 1 aromatic heterocycles. The van der Waals surface area contributed by atoms with E-state index in [1.54, 1.807) is 22.6 Å². The number of methoxy groups -OCH3 is 1. The number of carbonyl (C=O) groups is 1. The van der Waals surface area contributed by atoms with Crippen molar-refractivity contribution in [3.63, 3.8) is 0 Å². The van der Waals surface area contributed by atoms with Crippen LogP contribution in [0.4, 0.5) is 8.78 Å². The zero-order valence-corrected chi connectivity index (χ0v) is 11.1. The standard InChI is InChI=1S/C9H7ClF2INO2/c1-16-9(15)6-4(2-10)5(7(11)12)3-14-8(6)13/h3,7H,2H2,1H3. The van der Waals surface area contributed by atoms with Crippen molar-refractivity contribution >= 4 is 40.2 Å². The highest BCUT2D eigenvalue weighted by Gasteiger charge is 2.23. The van der Waals surface area contributed by atoms with E-state index >= 15 is 0 Å². The van der Waals surface area contributed by atoms with Gasteiger partial charge in [-0.15, -0.1) is 11.6 Å². The van der Waals surface area contributed by atoms with Crippen LogP contribution in [0.15, 0.2) is 6.20 Å². The Balaban J connectivity index is 3.44. The Kier molecular flexibility index (Phi) is 4.85. The van der Waals surface area contributed by atoms with Crippen LogP contribution in [-0.4, -0.2) is 18.1 Å². The summed E-state index contributed by atoms with van der Waals surface area (Å²) in [5, 5.41) is 0. The second-order valence-electron chi connectivity index (χ2n) is 2.78. The van der Waals surface area contributed by atoms with Gasteiger partial charge >= 0.3 is 5.97 Å². The molecule has 0 aromatic carbocycles. The number of halogens is 4. The van der Waals surface area contributed by atoms with Crippen LogP contribution in [0.25, 0.3) is 0 Å². The molecule has 0 fully saturated rings. The van der Waals surface area contributed by atoms with E-state index in [2.05, 4.69) is 9.72 Å². The van der Waals surface area contributed by atoms with Crippen LogP contribution < -0.4 is 0 Å². The van der Waals surface area contributed by atoms with Crippen molar-refractivity contribution in [2.45, 2.75) is 12.3 Å². The fraction of sp³-hybridized carbons (Fsp3) is 0.333. The summed E-state index contributed by atoms with van der Waals surface area (Å²) >= 11 is 7.35. The lowest BCUT2D eigenvalue weighted by Gasteiger charge is -2.11. The van der Waals surface area contributed by atoms with Crippen molar-refractivity contribution in [2.24, 2.45) is 0 Å². The quantitative estimate of drug-likeness (QED) is 0.359. The Morgan fingerprint density at radius 1 is 1.69 bits per heavy atom. The Bertz CT molecular complexity index is 415. The van der Waals surface area contributed by atoms with Crippen molar-refractivity contribution in [2.75, 3.05) is 7.11 Å². The molecule has 0 saturated heterocycles. The van der Waals surface area contributed by atoms with Crippen LogP contribution in [0.2, 0.25) is 0 Å². The Hall–Kier alpha value is -0.500. The SMILES string of the molecule is COC(=O)c1c(I)ncc(C(F)F)c1CCl. The molecule has 7 heteroatoms. The van der Waals surface area contributed by atoms with Crippen LogP contribution in [-0.2, 0) is 10.6 Å². The topological polar surface area (TPSA) is 39.2 Å². The summed E-state index contributed by atoms with van der Waals surface area (Å²) in [5.41, 5.74) is -0.255. The maximum atomic E-state index is 12.6. The van der Waals surface area contributed by atoms with E-state index in [1.165, 1.54) is 7.11 Å². The smallest absolute Gasteiger partial charge is 0.340 e. The van der Waals surface area contributed by atoms with Crippen LogP contribution >= 0.6 is 34.2 Å². The molecule has 0 amide bonds. The first kappa shape index (κ1) is 13.6. The predicted octanol–water partition coefficient (Wildman–Crippen LogP) is 3.15. The van der Waals surface area contributed by atoms with Gasteiger partial charge in [0.1, 0.15) is 3.70 Å². The average molecular weight is 362 g/mol. The third-order valence-corrected chi connectivity index (χ3v) is 3.02. The number of esters is 1. The first-order chi connectivity index (χ1) is 7.52. The Morgan fingerprint density at radius 2 is 2.31 bits per heavy atom. The van der Waals surface area contributed by atoms with E-state index in [-0.39, 0.29) is 22.6 Å². The highest BCUT2D eigenvalue weighted by Crippen LogP contribution is 2.28. The largest absolute Gasteiger partial charge is 0.465 e. The first-order valence-corrected chi connectivity index (χ1v) is 5.74. The molecule has 0 aliphatic heterocycles. The van der Waals surface area contributed by atoms with E-state index in [0.717, 1.165) is 6.20 Å². The molecule has 3 nitrogen and oxygen atoms in total. The predicted molar refractivity (Wildman–Crippen MR) is 62.8 cm³/mol. The van der Waals surface area contributed by atoms with Gasteiger partial charge < -0.3 is 4.74 Å². The fourth-order valence-corrected chi connectivity index (χ4v) is 2.15. The lowest BCUT2D eigenvalue weighted by Crippen LogP contribution is -2.12. The fourth-order valence-electron chi connectivity index (χ4n) is 1.18. The molecular formula is C9H7ClF2INO2. The lowest BCUT2D eigenvalue weighted by atomic mass is 10.1. The van der Waals surface area contributed by atoms with Gasteiger partial charge in [0.25, 0.3) is 6.43 Å². The maximum Gasteiger partial charge on any atom is 0.340 e. The van der Waals surface area contributed by atoms with Gasteiger partial charge in [0, 0.05) is 17.6 Å². The molecule has 1 heterocycles. The first-order valence-electron chi connectivity index (χ1n) is 4.12. The molecular weight excluding hydrogens is 354 g/mol. The zero-order valence-electron chi connectivity index (χ0n) is 8.14. The summed E-state index contributed by atoms with van der Waals surface area (Å²) in [5.74, 6) is -0.905. The number of rotatable bonds is 3. The van der Waals surface area contributed by atoms with Crippen LogP contribution in [0.3, 0.4) is 0 Å². The minimum atomic E-state index is -2.72. The van der Waals surface area contributed by atoms with E-state index in [1.807, 2.05) is 0 Å². The molecule has 88 valence electrons. The monoisotopic (exact) mass is 361 g/mol. The van der Waals surface area contributed by atoms with E-state index < -0.39 is 12.4 Å². The molecule has 0 aliphatic rings. The highest BCUT2D eigenvalue weighted by atomic mass is 127. The molecule has 0 atom stereocenters. The van der Waals surface area contributed by atoms with Crippen LogP contribution in [0.5, 0.6) is 0 Å². The van der Waals surface area contributed by atoms with Crippen LogP contribution in [0, 0.1) is 3.70 Å². The van der Waals surface area contributed by atoms with E-state index in [0.29, 0.717) is 3.70 Å². The summed E-state index contributed by atoms with van der Waals surface area (Å²) in [6, 6.07) is 0. The van der Waals surface area contributed by atoms with Crippen molar-refractivity contribution in [1.82, 2.24) is 4.98 Å². The number of aromatic nitrogens is 1. The van der Waals surface area contributed by atoms with Crippen molar-refractivity contribution in [3.05, 3.63) is 26.6 Å². The van der Waals surface area contributed by atoms with Crippen molar-refractivity contribution in [1.29, 1.82) is 0 Å². The second kappa shape index (κ2) is 5.72. The molecule has 0 N–H and O–H groups in total. The number of carbonyl (C=O) groups excluding carboxylic acids is 1. The van der Waals surface area contributed by atoms with Gasteiger partial charge in [0.15, 0.2) is 0 Å². The van der Waals surface area contributed by atoms with Gasteiger partial charge in [0.05, 0.1) is 12.7 Å². The summed E-state index contributed by atoms with van der Waals surface area (Å²) in [6.07, 6.45) is -1.70. The number of alkyl halides is 3. The Labute approximate surface area is 109 Å². The summed E-state index contributed by atoms with van der Waals surface area (Å²) in [7, 11) is 1.17. The van der Waals surface area contributed by atoms with Crippen molar-refractivity contribution < 1.29 is 18.3 Å². The van der Waals surface area contributed by atoms with Gasteiger partial charge in [0.2, 0.25) is 0 Å². The number of nitrogens with zero attached hydrogens (tertiary/aromatic N) is 1. The minimum Gasteiger partial charge on any atom is -0.465 e. The van der Waals surface area contributed by atoms with Crippen molar-refractivity contribution in [3.8, 4) is 0 Å². The van der Waals surface area contributed by atoms with Crippen LogP contribution in [0.1, 0.15) is 27.9 Å². The summed E-state index contributed by atoms with van der Waals surface area (Å²) in [6.45, 7) is 0. The Morgan fingerprint density at radius 3 is 2.75 bits per heavy atom. The number of pyridine rings is 1. The summed E-state index contributed by atoms with van der Waals surface area (Å²) < 4.78 is 30.1. The molecule has 0 radical (unpaired) electrons. The zero-order chi connectivity index (χ0) is 12.3. The molecule has 1 aromatic rings. The third-order valence-electron chi connectivity index (χ3n) is 1.93. The lowest BCUT2D eigenvalue weighted by molar-refractivity contribution is 0.0597. The van der Waals surface area contributed by atoms with Gasteiger partial charge in [-0.2, -0.15) is 0 Å². The second-order valence-corrected chi connectivity index (χ2v) is 4.07. The maximum absolute atomic E-state index is 12.6. The molecule has 0 unspecified atom stereocenters. The highest BCUT2D eigenvalue weighted by molar-refractivity contribution is 14.1. The normalized spacial score (nSPS) is 10.6. The van der Waals surface area contributed by atoms with E-state index in [4.69, 9.17) is 11.6 Å². The van der Waals surface area contributed by atoms with Gasteiger partial charge in [-0.05, 0) is 28.2 Å². The minimum absolute atomic E-state index is 0.0101. The molecule has 1 rings (SSSR count).